The van der Waals surface area contributed by atoms with Crippen LogP contribution in [-0.2, 0) is 0 Å². The van der Waals surface area contributed by atoms with E-state index in [-0.39, 0.29) is 12.4 Å². The standard InChI is InChI=1S/2C2H6N.Al.ClH/c2*1-3-2;;/h2*1-2H3;;1H/q2*-1;+2;. The first-order valence-corrected chi connectivity index (χ1v) is 3.34. The maximum Gasteiger partial charge on any atom is 0.454 e. The Hall–Kier alpha value is 0.742. The third-order valence-corrected chi connectivity index (χ3v) is 1.39. The molecular weight excluding hydrogens is 138 g/mol. The van der Waals surface area contributed by atoms with Crippen molar-refractivity contribution >= 4 is 28.1 Å². The third kappa shape index (κ3) is 9.89. The van der Waals surface area contributed by atoms with E-state index < -0.39 is 0 Å². The summed E-state index contributed by atoms with van der Waals surface area (Å²) in [5, 5.41) is 0. The molecule has 0 saturated heterocycles. The second-order valence-corrected chi connectivity index (χ2v) is 4.34. The van der Waals surface area contributed by atoms with Crippen molar-refractivity contribution in [3.8, 4) is 0 Å². The molecular formula is C4H13AlClN2. The Morgan fingerprint density at radius 3 is 1.12 bits per heavy atom. The summed E-state index contributed by atoms with van der Waals surface area (Å²) < 4.78 is 4.42. The average Bonchev–Trinajstić information content (AvgIpc) is 1.27. The van der Waals surface area contributed by atoms with Gasteiger partial charge in [-0.05, 0) is 28.2 Å². The molecule has 0 spiro atoms. The molecule has 2 nitrogen and oxygen atoms in total. The largest absolute Gasteiger partial charge is 0.454 e. The van der Waals surface area contributed by atoms with Crippen LogP contribution in [0, 0.1) is 0 Å². The van der Waals surface area contributed by atoms with Gasteiger partial charge in [-0.25, -0.2) is 0 Å². The van der Waals surface area contributed by atoms with Crippen molar-refractivity contribution in [2.45, 2.75) is 0 Å². The zero-order valence-corrected chi connectivity index (χ0v) is 7.85. The summed E-state index contributed by atoms with van der Waals surface area (Å²) in [4.78, 5) is 0. The lowest BCUT2D eigenvalue weighted by Crippen LogP contribution is -2.31. The molecule has 0 aliphatic carbocycles. The molecule has 8 heavy (non-hydrogen) atoms. The molecule has 0 bridgehead atoms. The minimum atomic E-state index is 0. The Balaban J connectivity index is 0. The summed E-state index contributed by atoms with van der Waals surface area (Å²) in [6.07, 6.45) is 0. The minimum absolute atomic E-state index is 0. The predicted molar refractivity (Wildman–Crippen MR) is 40.4 cm³/mol. The Kier molecular flexibility index (Phi) is 8.46. The van der Waals surface area contributed by atoms with Gasteiger partial charge >= 0.3 is 15.7 Å². The molecule has 0 unspecified atom stereocenters. The first-order valence-electron chi connectivity index (χ1n) is 2.31. The lowest BCUT2D eigenvalue weighted by atomic mass is 11.3. The molecule has 49 valence electrons. The lowest BCUT2D eigenvalue weighted by Gasteiger charge is -2.12. The van der Waals surface area contributed by atoms with Gasteiger partial charge in [-0.2, -0.15) is 0 Å². The van der Waals surface area contributed by atoms with Crippen LogP contribution in [0.3, 0.4) is 0 Å². The van der Waals surface area contributed by atoms with Crippen LogP contribution in [0.5, 0.6) is 0 Å². The molecule has 0 saturated carbocycles. The average molecular weight is 152 g/mol. The zero-order chi connectivity index (χ0) is 5.86. The van der Waals surface area contributed by atoms with Gasteiger partial charge in [0.25, 0.3) is 0 Å². The van der Waals surface area contributed by atoms with Gasteiger partial charge in [0.05, 0.1) is 0 Å². The van der Waals surface area contributed by atoms with Crippen molar-refractivity contribution in [3.63, 3.8) is 0 Å². The van der Waals surface area contributed by atoms with Crippen LogP contribution in [-0.4, -0.2) is 51.6 Å². The van der Waals surface area contributed by atoms with Gasteiger partial charge in [0.2, 0.25) is 0 Å². The van der Waals surface area contributed by atoms with Crippen LogP contribution in [0.15, 0.2) is 0 Å². The van der Waals surface area contributed by atoms with E-state index in [0.29, 0.717) is 15.7 Å². The molecule has 0 amide bonds. The predicted octanol–water partition coefficient (Wildman–Crippen LogP) is 0.0656. The molecule has 0 aromatic carbocycles. The van der Waals surface area contributed by atoms with Gasteiger partial charge in [0.1, 0.15) is 0 Å². The topological polar surface area (TPSA) is 6.48 Å². The van der Waals surface area contributed by atoms with E-state index in [4.69, 9.17) is 0 Å². The van der Waals surface area contributed by atoms with E-state index in [0.717, 1.165) is 0 Å². The Labute approximate surface area is 64.4 Å². The Morgan fingerprint density at radius 1 is 0.875 bits per heavy atom. The maximum absolute atomic E-state index is 2.21. The van der Waals surface area contributed by atoms with Crippen molar-refractivity contribution < 1.29 is 0 Å². The monoisotopic (exact) mass is 151 g/mol. The van der Waals surface area contributed by atoms with Crippen molar-refractivity contribution in [2.75, 3.05) is 28.2 Å². The van der Waals surface area contributed by atoms with Gasteiger partial charge in [-0.3, -0.25) is 0 Å². The smallest absolute Gasteiger partial charge is 0.383 e. The number of rotatable bonds is 2. The summed E-state index contributed by atoms with van der Waals surface area (Å²) >= 11 is 0.380. The fourth-order valence-electron chi connectivity index (χ4n) is 0.462. The highest BCUT2D eigenvalue weighted by Gasteiger charge is 1.96. The number of hydrogen-bond donors (Lipinski definition) is 0. The van der Waals surface area contributed by atoms with E-state index in [9.17, 15) is 0 Å². The van der Waals surface area contributed by atoms with Crippen LogP contribution in [0.2, 0.25) is 0 Å². The highest BCUT2D eigenvalue weighted by Crippen LogP contribution is 1.70. The Bertz CT molecular complexity index is 43.3. The van der Waals surface area contributed by atoms with Crippen LogP contribution >= 0.6 is 12.4 Å². The normalized spacial score (nSPS) is 9.25. The van der Waals surface area contributed by atoms with Crippen LogP contribution in [0.25, 0.3) is 0 Å². The molecule has 0 aromatic heterocycles. The molecule has 0 aromatic rings. The molecule has 0 N–H and O–H groups in total. The van der Waals surface area contributed by atoms with E-state index in [1.807, 2.05) is 0 Å². The molecule has 0 aliphatic heterocycles. The number of halogens is 1. The summed E-state index contributed by atoms with van der Waals surface area (Å²) in [5.41, 5.74) is 0. The minimum Gasteiger partial charge on any atom is -0.383 e. The quantitative estimate of drug-likeness (QED) is 0.516. The van der Waals surface area contributed by atoms with Crippen molar-refractivity contribution in [1.29, 1.82) is 0 Å². The fraction of sp³-hybridized carbons (Fsp3) is 1.00. The van der Waals surface area contributed by atoms with E-state index in [1.54, 1.807) is 0 Å². The summed E-state index contributed by atoms with van der Waals surface area (Å²) in [5.74, 6) is 0. The van der Waals surface area contributed by atoms with Gasteiger partial charge in [0.15, 0.2) is 0 Å². The first-order chi connectivity index (χ1) is 3.13. The first kappa shape index (κ1) is 11.5. The van der Waals surface area contributed by atoms with E-state index >= 15 is 0 Å². The third-order valence-electron chi connectivity index (χ3n) is 0.462. The summed E-state index contributed by atoms with van der Waals surface area (Å²) in [6.45, 7) is 0. The highest BCUT2D eigenvalue weighted by molar-refractivity contribution is 6.27. The molecule has 0 fully saturated rings. The van der Waals surface area contributed by atoms with Crippen LogP contribution in [0.4, 0.5) is 0 Å². The van der Waals surface area contributed by atoms with Gasteiger partial charge in [0, 0.05) is 0 Å². The van der Waals surface area contributed by atoms with E-state index in [2.05, 4.69) is 36.0 Å². The van der Waals surface area contributed by atoms with Gasteiger partial charge < -0.3 is 7.77 Å². The van der Waals surface area contributed by atoms with Crippen molar-refractivity contribution in [2.24, 2.45) is 0 Å². The number of nitrogens with zero attached hydrogens (tertiary/aromatic N) is 2. The van der Waals surface area contributed by atoms with Crippen molar-refractivity contribution in [1.82, 2.24) is 7.77 Å². The molecule has 0 atom stereocenters. The zero-order valence-electron chi connectivity index (χ0n) is 5.88. The highest BCUT2D eigenvalue weighted by atomic mass is 35.5. The lowest BCUT2D eigenvalue weighted by molar-refractivity contribution is 0.549. The fourth-order valence-corrected chi connectivity index (χ4v) is 1.39. The summed E-state index contributed by atoms with van der Waals surface area (Å²) in [7, 11) is 8.37. The second-order valence-electron chi connectivity index (χ2n) is 2.04. The molecule has 4 heteroatoms. The van der Waals surface area contributed by atoms with Gasteiger partial charge in [-0.1, -0.05) is 0 Å². The molecule has 0 aliphatic rings. The molecule has 0 heterocycles. The number of hydrogen-bond acceptors (Lipinski definition) is 2. The van der Waals surface area contributed by atoms with Crippen LogP contribution < -0.4 is 0 Å². The Morgan fingerprint density at radius 2 is 1.12 bits per heavy atom. The summed E-state index contributed by atoms with van der Waals surface area (Å²) in [6, 6.07) is 0. The van der Waals surface area contributed by atoms with E-state index in [1.165, 1.54) is 0 Å². The molecule has 0 rings (SSSR count). The van der Waals surface area contributed by atoms with Crippen LogP contribution in [0.1, 0.15) is 0 Å². The second kappa shape index (κ2) is 5.87. The van der Waals surface area contributed by atoms with Gasteiger partial charge in [-0.15, -0.1) is 12.4 Å². The molecule has 1 radical (unpaired) electrons. The van der Waals surface area contributed by atoms with Crippen molar-refractivity contribution in [3.05, 3.63) is 0 Å². The SMILES string of the molecule is C[N](C)[Al][N](C)C.Cl. The maximum atomic E-state index is 2.21.